The Morgan fingerprint density at radius 1 is 1.17 bits per heavy atom. The van der Waals surface area contributed by atoms with Gasteiger partial charge in [-0.25, -0.2) is 4.79 Å². The number of benzene rings is 2. The number of carbonyl (C=O) groups excluding carboxylic acids is 3. The van der Waals surface area contributed by atoms with Crippen molar-refractivity contribution in [3.63, 3.8) is 0 Å². The van der Waals surface area contributed by atoms with Gasteiger partial charge in [-0.1, -0.05) is 41.9 Å². The zero-order valence-electron chi connectivity index (χ0n) is 16.2. The van der Waals surface area contributed by atoms with Gasteiger partial charge in [0.1, 0.15) is 17.8 Å². The molecule has 0 radical (unpaired) electrons. The lowest BCUT2D eigenvalue weighted by atomic mass is 9.92. The smallest absolute Gasteiger partial charge is 0.325 e. The summed E-state index contributed by atoms with van der Waals surface area (Å²) in [5.41, 5.74) is 0.216. The van der Waals surface area contributed by atoms with Gasteiger partial charge in [0.05, 0.1) is 7.11 Å². The van der Waals surface area contributed by atoms with E-state index in [0.717, 1.165) is 16.2 Å². The maximum Gasteiger partial charge on any atom is 0.325 e. The standard InChI is InChI=1S/C21H22ClN3O4/c1-21(16-5-3-4-6-17(16)22)19(27)25(20(28)24-21)13-18(26)23-12-11-14-7-9-15(29-2)10-8-14/h3-10H,11-13H2,1-2H3,(H,23,26)(H,24,28)/t21-/m0/s1. The maximum atomic E-state index is 12.9. The van der Waals surface area contributed by atoms with Gasteiger partial charge in [-0.05, 0) is 37.1 Å². The van der Waals surface area contributed by atoms with E-state index in [9.17, 15) is 14.4 Å². The lowest BCUT2D eigenvalue weighted by Gasteiger charge is -2.23. The number of nitrogens with one attached hydrogen (secondary N) is 2. The SMILES string of the molecule is COc1ccc(CCNC(=O)CN2C(=O)N[C@@](C)(c3ccccc3Cl)C2=O)cc1. The molecule has 2 aromatic carbocycles. The predicted molar refractivity (Wildman–Crippen MR) is 109 cm³/mol. The molecule has 0 aliphatic carbocycles. The van der Waals surface area contributed by atoms with Crippen molar-refractivity contribution in [3.8, 4) is 5.75 Å². The van der Waals surface area contributed by atoms with Crippen LogP contribution in [0.2, 0.25) is 5.02 Å². The average Bonchev–Trinajstić information content (AvgIpc) is 2.92. The summed E-state index contributed by atoms with van der Waals surface area (Å²) in [6, 6.07) is 13.7. The zero-order valence-corrected chi connectivity index (χ0v) is 17.0. The Kier molecular flexibility index (Phi) is 6.08. The van der Waals surface area contributed by atoms with Gasteiger partial charge in [-0.3, -0.25) is 14.5 Å². The van der Waals surface area contributed by atoms with Crippen molar-refractivity contribution < 1.29 is 19.1 Å². The van der Waals surface area contributed by atoms with E-state index in [-0.39, 0.29) is 6.54 Å². The molecule has 1 saturated heterocycles. The van der Waals surface area contributed by atoms with Crippen LogP contribution in [0.15, 0.2) is 48.5 Å². The van der Waals surface area contributed by atoms with Crippen LogP contribution < -0.4 is 15.4 Å². The van der Waals surface area contributed by atoms with Crippen molar-refractivity contribution in [2.24, 2.45) is 0 Å². The van der Waals surface area contributed by atoms with Crippen molar-refractivity contribution in [3.05, 3.63) is 64.7 Å². The first-order valence-electron chi connectivity index (χ1n) is 9.14. The Labute approximate surface area is 174 Å². The van der Waals surface area contributed by atoms with Gasteiger partial charge in [0.2, 0.25) is 5.91 Å². The molecule has 1 atom stereocenters. The third kappa shape index (κ3) is 4.35. The van der Waals surface area contributed by atoms with Crippen molar-refractivity contribution >= 4 is 29.4 Å². The molecular formula is C21H22ClN3O4. The minimum absolute atomic E-state index is 0.354. The van der Waals surface area contributed by atoms with E-state index in [2.05, 4.69) is 10.6 Å². The molecule has 8 heteroatoms. The Hall–Kier alpha value is -3.06. The first kappa shape index (κ1) is 20.7. The molecule has 2 aromatic rings. The van der Waals surface area contributed by atoms with E-state index >= 15 is 0 Å². The van der Waals surface area contributed by atoms with Crippen LogP contribution in [0.4, 0.5) is 4.79 Å². The van der Waals surface area contributed by atoms with Crippen LogP contribution in [-0.2, 0) is 21.5 Å². The summed E-state index contributed by atoms with van der Waals surface area (Å²) >= 11 is 6.20. The molecule has 0 saturated carbocycles. The molecule has 3 rings (SSSR count). The van der Waals surface area contributed by atoms with Crippen LogP contribution in [0, 0.1) is 0 Å². The van der Waals surface area contributed by atoms with Gasteiger partial charge in [0.25, 0.3) is 5.91 Å². The number of nitrogens with zero attached hydrogens (tertiary/aromatic N) is 1. The Morgan fingerprint density at radius 3 is 2.52 bits per heavy atom. The fourth-order valence-corrected chi connectivity index (χ4v) is 3.55. The first-order chi connectivity index (χ1) is 13.8. The van der Waals surface area contributed by atoms with Crippen LogP contribution >= 0.6 is 11.6 Å². The van der Waals surface area contributed by atoms with Gasteiger partial charge in [-0.15, -0.1) is 0 Å². The second-order valence-electron chi connectivity index (χ2n) is 6.87. The Morgan fingerprint density at radius 2 is 1.86 bits per heavy atom. The average molecular weight is 416 g/mol. The molecule has 0 spiro atoms. The van der Waals surface area contributed by atoms with E-state index in [4.69, 9.17) is 16.3 Å². The summed E-state index contributed by atoms with van der Waals surface area (Å²) in [5, 5.41) is 5.75. The van der Waals surface area contributed by atoms with E-state index in [0.29, 0.717) is 23.6 Å². The Balaban J connectivity index is 1.58. The molecule has 7 nitrogen and oxygen atoms in total. The number of hydrogen-bond acceptors (Lipinski definition) is 4. The lowest BCUT2D eigenvalue weighted by molar-refractivity contribution is -0.134. The number of halogens is 1. The molecule has 2 N–H and O–H groups in total. The minimum Gasteiger partial charge on any atom is -0.497 e. The van der Waals surface area contributed by atoms with Gasteiger partial charge in [-0.2, -0.15) is 0 Å². The van der Waals surface area contributed by atoms with Crippen LogP contribution in [0.25, 0.3) is 0 Å². The van der Waals surface area contributed by atoms with Crippen LogP contribution in [0.5, 0.6) is 5.75 Å². The fraction of sp³-hybridized carbons (Fsp3) is 0.286. The number of rotatable bonds is 7. The number of amides is 4. The summed E-state index contributed by atoms with van der Waals surface area (Å²) in [6.07, 6.45) is 0.618. The fourth-order valence-electron chi connectivity index (χ4n) is 3.23. The topological polar surface area (TPSA) is 87.7 Å². The van der Waals surface area contributed by atoms with Crippen LogP contribution in [0.1, 0.15) is 18.1 Å². The van der Waals surface area contributed by atoms with Crippen LogP contribution in [0.3, 0.4) is 0 Å². The zero-order chi connectivity index (χ0) is 21.0. The van der Waals surface area contributed by atoms with Gasteiger partial charge in [0.15, 0.2) is 0 Å². The highest BCUT2D eigenvalue weighted by atomic mass is 35.5. The van der Waals surface area contributed by atoms with Gasteiger partial charge >= 0.3 is 6.03 Å². The molecule has 1 heterocycles. The molecule has 1 aliphatic rings. The molecule has 29 heavy (non-hydrogen) atoms. The highest BCUT2D eigenvalue weighted by Crippen LogP contribution is 2.33. The highest BCUT2D eigenvalue weighted by molar-refractivity contribution is 6.32. The van der Waals surface area contributed by atoms with E-state index in [1.165, 1.54) is 0 Å². The number of imide groups is 1. The monoisotopic (exact) mass is 415 g/mol. The molecule has 152 valence electrons. The number of ether oxygens (including phenoxy) is 1. The quantitative estimate of drug-likeness (QED) is 0.680. The van der Waals surface area contributed by atoms with Gasteiger partial charge in [0, 0.05) is 17.1 Å². The second kappa shape index (κ2) is 8.53. The second-order valence-corrected chi connectivity index (χ2v) is 7.28. The van der Waals surface area contributed by atoms with Crippen molar-refractivity contribution in [2.75, 3.05) is 20.2 Å². The Bertz CT molecular complexity index is 932. The summed E-state index contributed by atoms with van der Waals surface area (Å²) in [5.74, 6) is -0.163. The summed E-state index contributed by atoms with van der Waals surface area (Å²) < 4.78 is 5.11. The van der Waals surface area contributed by atoms with E-state index in [1.54, 1.807) is 38.3 Å². The molecule has 0 unspecified atom stereocenters. The van der Waals surface area contributed by atoms with Crippen molar-refractivity contribution in [1.29, 1.82) is 0 Å². The minimum atomic E-state index is -1.31. The molecule has 4 amide bonds. The molecule has 0 bridgehead atoms. The molecule has 1 aliphatic heterocycles. The normalized spacial score (nSPS) is 18.5. The highest BCUT2D eigenvalue weighted by Gasteiger charge is 2.50. The summed E-state index contributed by atoms with van der Waals surface area (Å²) in [4.78, 5) is 38.4. The van der Waals surface area contributed by atoms with E-state index in [1.807, 2.05) is 24.3 Å². The molecule has 0 aromatic heterocycles. The number of urea groups is 1. The first-order valence-corrected chi connectivity index (χ1v) is 9.51. The van der Waals surface area contributed by atoms with Gasteiger partial charge < -0.3 is 15.4 Å². The summed E-state index contributed by atoms with van der Waals surface area (Å²) in [6.45, 7) is 1.61. The maximum absolute atomic E-state index is 12.9. The number of carbonyl (C=O) groups is 3. The van der Waals surface area contributed by atoms with Crippen LogP contribution in [-0.4, -0.2) is 42.9 Å². The van der Waals surface area contributed by atoms with Crippen molar-refractivity contribution in [2.45, 2.75) is 18.9 Å². The molecule has 1 fully saturated rings. The third-order valence-corrected chi connectivity index (χ3v) is 5.21. The number of methoxy groups -OCH3 is 1. The van der Waals surface area contributed by atoms with E-state index < -0.39 is 23.4 Å². The third-order valence-electron chi connectivity index (χ3n) is 4.88. The lowest BCUT2D eigenvalue weighted by Crippen LogP contribution is -2.43. The largest absolute Gasteiger partial charge is 0.497 e. The molecular weight excluding hydrogens is 394 g/mol. The summed E-state index contributed by atoms with van der Waals surface area (Å²) in [7, 11) is 1.60. The number of hydrogen-bond donors (Lipinski definition) is 2. The predicted octanol–water partition coefficient (Wildman–Crippen LogP) is 2.47. The van der Waals surface area contributed by atoms with Crippen molar-refractivity contribution in [1.82, 2.24) is 15.5 Å².